The first kappa shape index (κ1) is 12.9. The molecule has 0 saturated heterocycles. The van der Waals surface area contributed by atoms with Crippen molar-refractivity contribution in [3.05, 3.63) is 0 Å². The fourth-order valence-corrected chi connectivity index (χ4v) is 1.77. The third-order valence-corrected chi connectivity index (χ3v) is 2.71. The number of hydrogen-bond donors (Lipinski definition) is 2. The highest BCUT2D eigenvalue weighted by atomic mass is 16.7. The Hall–Kier alpha value is -1.14. The van der Waals surface area contributed by atoms with E-state index in [9.17, 15) is 9.59 Å². The minimum absolute atomic E-state index is 0.236. The quantitative estimate of drug-likeness (QED) is 0.503. The van der Waals surface area contributed by atoms with Gasteiger partial charge in [0.2, 0.25) is 5.91 Å². The van der Waals surface area contributed by atoms with Gasteiger partial charge in [-0.25, -0.2) is 5.48 Å². The normalized spacial score (nSPS) is 24.3. The lowest BCUT2D eigenvalue weighted by molar-refractivity contribution is -0.142. The minimum atomic E-state index is -0.824. The van der Waals surface area contributed by atoms with E-state index in [1.54, 1.807) is 7.11 Å². The first-order chi connectivity index (χ1) is 7.65. The van der Waals surface area contributed by atoms with Crippen LogP contribution in [-0.2, 0) is 19.2 Å². The summed E-state index contributed by atoms with van der Waals surface area (Å²) < 4.78 is 4.74. The fourth-order valence-electron chi connectivity index (χ4n) is 1.77. The summed E-state index contributed by atoms with van der Waals surface area (Å²) in [6.45, 7) is 0.694. The maximum absolute atomic E-state index is 11.5. The Morgan fingerprint density at radius 3 is 2.56 bits per heavy atom. The Labute approximate surface area is 93.9 Å². The first-order valence-corrected chi connectivity index (χ1v) is 5.28. The highest BCUT2D eigenvalue weighted by Crippen LogP contribution is 2.30. The molecule has 0 heterocycles. The van der Waals surface area contributed by atoms with Gasteiger partial charge < -0.3 is 9.84 Å². The zero-order valence-corrected chi connectivity index (χ0v) is 9.27. The van der Waals surface area contributed by atoms with Gasteiger partial charge in [-0.3, -0.25) is 14.4 Å². The lowest BCUT2D eigenvalue weighted by Gasteiger charge is -2.10. The van der Waals surface area contributed by atoms with Crippen LogP contribution in [0.4, 0.5) is 0 Å². The molecular formula is C10H17NO5. The van der Waals surface area contributed by atoms with E-state index >= 15 is 0 Å². The summed E-state index contributed by atoms with van der Waals surface area (Å²) in [6.07, 6.45) is 1.57. The van der Waals surface area contributed by atoms with Gasteiger partial charge in [-0.2, -0.15) is 0 Å². The summed E-state index contributed by atoms with van der Waals surface area (Å²) in [5, 5.41) is 8.78. The Morgan fingerprint density at radius 1 is 1.31 bits per heavy atom. The van der Waals surface area contributed by atoms with Crippen LogP contribution in [0.3, 0.4) is 0 Å². The van der Waals surface area contributed by atoms with E-state index in [4.69, 9.17) is 14.7 Å². The first-order valence-electron chi connectivity index (χ1n) is 5.28. The molecule has 1 amide bonds. The summed E-state index contributed by atoms with van der Waals surface area (Å²) in [6, 6.07) is 0. The van der Waals surface area contributed by atoms with Gasteiger partial charge in [0.15, 0.2) is 0 Å². The number of methoxy groups -OCH3 is 1. The maximum atomic E-state index is 11.5. The second kappa shape index (κ2) is 6.44. The van der Waals surface area contributed by atoms with E-state index in [0.717, 1.165) is 0 Å². The largest absolute Gasteiger partial charge is 0.481 e. The number of amides is 1. The molecule has 1 fully saturated rings. The molecule has 0 bridgehead atoms. The van der Waals surface area contributed by atoms with Crippen LogP contribution in [0.25, 0.3) is 0 Å². The van der Waals surface area contributed by atoms with Crippen LogP contribution in [0, 0.1) is 11.8 Å². The topological polar surface area (TPSA) is 84.9 Å². The van der Waals surface area contributed by atoms with E-state index in [1.807, 2.05) is 0 Å². The molecule has 92 valence electrons. The van der Waals surface area contributed by atoms with Gasteiger partial charge in [0.05, 0.1) is 19.1 Å². The number of carboxylic acid groups (broad SMARTS) is 1. The van der Waals surface area contributed by atoms with E-state index in [2.05, 4.69) is 5.48 Å². The number of aliphatic carboxylic acids is 1. The van der Waals surface area contributed by atoms with Crippen LogP contribution in [0.5, 0.6) is 0 Å². The smallest absolute Gasteiger partial charge is 0.306 e. The molecule has 2 N–H and O–H groups in total. The molecule has 16 heavy (non-hydrogen) atoms. The number of carbonyl (C=O) groups is 2. The average molecular weight is 231 g/mol. The number of ether oxygens (including phenoxy) is 1. The monoisotopic (exact) mass is 231 g/mol. The third kappa shape index (κ3) is 3.79. The number of rotatable bonds is 6. The SMILES string of the molecule is COCCONC(=O)[C@@H]1CC[C@H](C(=O)O)C1. The van der Waals surface area contributed by atoms with E-state index < -0.39 is 11.9 Å². The molecule has 1 aliphatic rings. The van der Waals surface area contributed by atoms with Crippen molar-refractivity contribution < 1.29 is 24.3 Å². The Bertz CT molecular complexity index is 256. The van der Waals surface area contributed by atoms with Crippen LogP contribution in [-0.4, -0.2) is 37.3 Å². The number of carbonyl (C=O) groups excluding carboxylic acids is 1. The number of nitrogens with one attached hydrogen (secondary N) is 1. The molecule has 6 nitrogen and oxygen atoms in total. The molecule has 0 aromatic carbocycles. The number of hydrogen-bond acceptors (Lipinski definition) is 4. The predicted molar refractivity (Wildman–Crippen MR) is 54.4 cm³/mol. The average Bonchev–Trinajstić information content (AvgIpc) is 2.73. The molecule has 1 saturated carbocycles. The summed E-state index contributed by atoms with van der Waals surface area (Å²) in [7, 11) is 1.54. The van der Waals surface area contributed by atoms with E-state index in [-0.39, 0.29) is 18.4 Å². The molecule has 0 spiro atoms. The highest BCUT2D eigenvalue weighted by molar-refractivity contribution is 5.80. The van der Waals surface area contributed by atoms with Gasteiger partial charge in [-0.1, -0.05) is 0 Å². The molecular weight excluding hydrogens is 214 g/mol. The molecule has 0 aromatic heterocycles. The van der Waals surface area contributed by atoms with Crippen LogP contribution < -0.4 is 5.48 Å². The fraction of sp³-hybridized carbons (Fsp3) is 0.800. The Morgan fingerprint density at radius 2 is 2.00 bits per heavy atom. The molecule has 6 heteroatoms. The molecule has 0 aromatic rings. The molecule has 1 rings (SSSR count). The van der Waals surface area contributed by atoms with Crippen LogP contribution in [0.15, 0.2) is 0 Å². The van der Waals surface area contributed by atoms with Crippen molar-refractivity contribution in [2.75, 3.05) is 20.3 Å². The third-order valence-electron chi connectivity index (χ3n) is 2.71. The van der Waals surface area contributed by atoms with Gasteiger partial charge in [0.1, 0.15) is 0 Å². The zero-order chi connectivity index (χ0) is 12.0. The van der Waals surface area contributed by atoms with Crippen molar-refractivity contribution >= 4 is 11.9 Å². The van der Waals surface area contributed by atoms with E-state index in [0.29, 0.717) is 25.9 Å². The molecule has 0 aliphatic heterocycles. The van der Waals surface area contributed by atoms with Crippen LogP contribution in [0.2, 0.25) is 0 Å². The van der Waals surface area contributed by atoms with Gasteiger partial charge in [0.25, 0.3) is 0 Å². The van der Waals surface area contributed by atoms with Gasteiger partial charge in [-0.15, -0.1) is 0 Å². The van der Waals surface area contributed by atoms with E-state index in [1.165, 1.54) is 0 Å². The number of carboxylic acids is 1. The van der Waals surface area contributed by atoms with Crippen molar-refractivity contribution in [1.29, 1.82) is 0 Å². The van der Waals surface area contributed by atoms with Gasteiger partial charge >= 0.3 is 5.97 Å². The van der Waals surface area contributed by atoms with Gasteiger partial charge in [-0.05, 0) is 19.3 Å². The number of hydroxylamine groups is 1. The summed E-state index contributed by atoms with van der Waals surface area (Å²) in [4.78, 5) is 27.1. The predicted octanol–water partition coefficient (Wildman–Crippen LogP) is 0.182. The summed E-state index contributed by atoms with van der Waals surface area (Å²) in [5.74, 6) is -1.70. The maximum Gasteiger partial charge on any atom is 0.306 e. The Balaban J connectivity index is 2.20. The molecule has 2 atom stereocenters. The second-order valence-corrected chi connectivity index (χ2v) is 3.85. The van der Waals surface area contributed by atoms with Crippen molar-refractivity contribution in [2.45, 2.75) is 19.3 Å². The van der Waals surface area contributed by atoms with Crippen LogP contribution in [0.1, 0.15) is 19.3 Å². The lowest BCUT2D eigenvalue weighted by atomic mass is 10.1. The Kier molecular flexibility index (Phi) is 5.21. The summed E-state index contributed by atoms with van der Waals surface area (Å²) in [5.41, 5.74) is 2.31. The second-order valence-electron chi connectivity index (χ2n) is 3.85. The van der Waals surface area contributed by atoms with Crippen molar-refractivity contribution in [1.82, 2.24) is 5.48 Å². The van der Waals surface area contributed by atoms with Crippen molar-refractivity contribution in [3.8, 4) is 0 Å². The summed E-state index contributed by atoms with van der Waals surface area (Å²) >= 11 is 0. The minimum Gasteiger partial charge on any atom is -0.481 e. The molecule has 0 unspecified atom stereocenters. The zero-order valence-electron chi connectivity index (χ0n) is 9.27. The van der Waals surface area contributed by atoms with Crippen molar-refractivity contribution in [2.24, 2.45) is 11.8 Å². The van der Waals surface area contributed by atoms with Crippen molar-refractivity contribution in [3.63, 3.8) is 0 Å². The lowest BCUT2D eigenvalue weighted by Crippen LogP contribution is -2.31. The van der Waals surface area contributed by atoms with Crippen LogP contribution >= 0.6 is 0 Å². The highest BCUT2D eigenvalue weighted by Gasteiger charge is 2.33. The standard InChI is InChI=1S/C10H17NO5/c1-15-4-5-16-11-9(12)7-2-3-8(6-7)10(13)14/h7-8H,2-6H2,1H3,(H,11,12)(H,13,14)/t7-,8+/m1/s1. The molecule has 1 aliphatic carbocycles. The molecule has 0 radical (unpaired) electrons. The van der Waals surface area contributed by atoms with Gasteiger partial charge in [0, 0.05) is 13.0 Å².